The van der Waals surface area contributed by atoms with Gasteiger partial charge in [-0.2, -0.15) is 0 Å². The average molecular weight is 438 g/mol. The van der Waals surface area contributed by atoms with Gasteiger partial charge in [-0.25, -0.2) is 14.4 Å². The molecule has 0 amide bonds. The minimum absolute atomic E-state index is 0.0248. The van der Waals surface area contributed by atoms with Crippen LogP contribution in [0.25, 0.3) is 21.7 Å². The van der Waals surface area contributed by atoms with Gasteiger partial charge in [-0.1, -0.05) is 34.9 Å². The fraction of sp³-hybridized carbons (Fsp3) is 0.273. The molecule has 0 radical (unpaired) electrons. The van der Waals surface area contributed by atoms with E-state index >= 15 is 0 Å². The molecule has 1 aliphatic rings. The van der Waals surface area contributed by atoms with Crippen LogP contribution in [0.3, 0.4) is 0 Å². The molecule has 0 saturated heterocycles. The van der Waals surface area contributed by atoms with Crippen LogP contribution in [-0.2, 0) is 6.54 Å². The van der Waals surface area contributed by atoms with Gasteiger partial charge in [0.1, 0.15) is 17.5 Å². The van der Waals surface area contributed by atoms with E-state index in [9.17, 15) is 4.39 Å². The molecule has 2 N–H and O–H groups in total. The fourth-order valence-electron chi connectivity index (χ4n) is 3.71. The molecule has 2 heterocycles. The lowest BCUT2D eigenvalue weighted by Crippen LogP contribution is -2.17. The number of aromatic nitrogens is 2. The minimum Gasteiger partial charge on any atom is -0.367 e. The third kappa shape index (κ3) is 5.42. The molecular weight excluding hydrogens is 417 g/mol. The van der Waals surface area contributed by atoms with Crippen LogP contribution in [0.15, 0.2) is 59.8 Å². The molecule has 0 unspecified atom stereocenters. The zero-order chi connectivity index (χ0) is 21.6. The number of anilines is 2. The molecule has 3 aromatic rings. The Hall–Kier alpha value is -3.35. The van der Waals surface area contributed by atoms with Crippen LogP contribution >= 0.6 is 11.6 Å². The number of hydrogen-bond acceptors (Lipinski definition) is 5. The lowest BCUT2D eigenvalue weighted by atomic mass is 10.1. The first-order valence-corrected chi connectivity index (χ1v) is 10.4. The predicted octanol–water partition coefficient (Wildman–Crippen LogP) is 6.19. The Kier molecular flexibility index (Phi) is 6.50. The van der Waals surface area contributed by atoms with Crippen molar-refractivity contribution in [3.63, 3.8) is 0 Å². The lowest BCUT2D eigenvalue weighted by Gasteiger charge is -2.15. The van der Waals surface area contributed by atoms with Gasteiger partial charge in [-0.3, -0.25) is 0 Å². The molecule has 2 atom stereocenters. The van der Waals surface area contributed by atoms with Gasteiger partial charge in [-0.05, 0) is 60.7 Å². The van der Waals surface area contributed by atoms with Gasteiger partial charge in [0.2, 0.25) is 0 Å². The predicted molar refractivity (Wildman–Crippen MR) is 120 cm³/mol. The van der Waals surface area contributed by atoms with Crippen LogP contribution in [0.5, 0.6) is 0 Å². The maximum atomic E-state index is 13.4. The first-order valence-electron chi connectivity index (χ1n) is 10.0. The molecule has 0 aliphatic heterocycles. The normalized spacial score (nSPS) is 17.7. The summed E-state index contributed by atoms with van der Waals surface area (Å²) in [6.07, 6.45) is 4.17. The van der Waals surface area contributed by atoms with Crippen LogP contribution in [0.2, 0.25) is 5.02 Å². The summed E-state index contributed by atoms with van der Waals surface area (Å²) in [6, 6.07) is 14.2. The molecule has 4 rings (SSSR count). The lowest BCUT2D eigenvalue weighted by molar-refractivity contribution is 0.626. The van der Waals surface area contributed by atoms with E-state index in [4.69, 9.17) is 17.1 Å². The van der Waals surface area contributed by atoms with E-state index in [-0.39, 0.29) is 17.9 Å². The number of rotatable bonds is 7. The van der Waals surface area contributed by atoms with Gasteiger partial charge in [0, 0.05) is 35.3 Å². The van der Waals surface area contributed by atoms with Crippen LogP contribution < -0.4 is 10.6 Å². The maximum Gasteiger partial charge on any atom is 0.126 e. The Morgan fingerprint density at radius 3 is 2.87 bits per heavy atom. The average Bonchev–Trinajstić information content (AvgIpc) is 3.21. The molecule has 9 heteroatoms. The van der Waals surface area contributed by atoms with E-state index in [1.807, 2.05) is 30.3 Å². The second kappa shape index (κ2) is 9.64. The summed E-state index contributed by atoms with van der Waals surface area (Å²) < 4.78 is 13.4. The Labute approximate surface area is 184 Å². The van der Waals surface area contributed by atoms with Gasteiger partial charge in [0.25, 0.3) is 0 Å². The first kappa shape index (κ1) is 20.9. The SMILES string of the molecule is [N-]=[N+]=N[C@@H]1CC[C@@H](Nc2cc(-c3cccc(NCc4cccc(F)c4)n3)c(Cl)cn2)C1. The highest BCUT2D eigenvalue weighted by Crippen LogP contribution is 2.31. The van der Waals surface area contributed by atoms with Gasteiger partial charge >= 0.3 is 0 Å². The second-order valence-corrected chi connectivity index (χ2v) is 7.86. The van der Waals surface area contributed by atoms with Crippen molar-refractivity contribution in [3.05, 3.63) is 81.6 Å². The van der Waals surface area contributed by atoms with Crippen molar-refractivity contribution in [3.8, 4) is 11.3 Å². The summed E-state index contributed by atoms with van der Waals surface area (Å²) in [5.41, 5.74) is 10.9. The van der Waals surface area contributed by atoms with Crippen molar-refractivity contribution in [1.29, 1.82) is 0 Å². The molecule has 1 fully saturated rings. The highest BCUT2D eigenvalue weighted by molar-refractivity contribution is 6.33. The molecule has 1 aliphatic carbocycles. The third-order valence-corrected chi connectivity index (χ3v) is 5.52. The number of pyridine rings is 2. The molecule has 0 spiro atoms. The summed E-state index contributed by atoms with van der Waals surface area (Å²) in [5.74, 6) is 1.10. The summed E-state index contributed by atoms with van der Waals surface area (Å²) in [7, 11) is 0. The van der Waals surface area contributed by atoms with Crippen LogP contribution in [-0.4, -0.2) is 22.1 Å². The zero-order valence-electron chi connectivity index (χ0n) is 16.7. The Morgan fingerprint density at radius 1 is 1.16 bits per heavy atom. The fourth-order valence-corrected chi connectivity index (χ4v) is 3.91. The maximum absolute atomic E-state index is 13.4. The van der Waals surface area contributed by atoms with Crippen molar-refractivity contribution in [1.82, 2.24) is 9.97 Å². The summed E-state index contributed by atoms with van der Waals surface area (Å²) in [6.45, 7) is 0.457. The smallest absolute Gasteiger partial charge is 0.126 e. The standard InChI is InChI=1S/C22H21ClFN7/c23-19-13-27-22(28-16-7-8-17(10-16)30-31-25)11-18(19)20-5-2-6-21(29-20)26-12-14-3-1-4-15(24)9-14/h1-6,9,11,13,16-17H,7-8,10,12H2,(H,26,29)(H,27,28)/t16-,17-/m1/s1. The van der Waals surface area contributed by atoms with Crippen molar-refractivity contribution < 1.29 is 4.39 Å². The van der Waals surface area contributed by atoms with E-state index < -0.39 is 0 Å². The van der Waals surface area contributed by atoms with Crippen molar-refractivity contribution in [2.75, 3.05) is 10.6 Å². The van der Waals surface area contributed by atoms with E-state index in [2.05, 4.69) is 30.6 Å². The molecule has 0 bridgehead atoms. The van der Waals surface area contributed by atoms with E-state index in [1.165, 1.54) is 12.1 Å². The number of nitrogens with zero attached hydrogens (tertiary/aromatic N) is 5. The number of halogens is 2. The van der Waals surface area contributed by atoms with E-state index in [0.29, 0.717) is 28.9 Å². The summed E-state index contributed by atoms with van der Waals surface area (Å²) in [4.78, 5) is 11.9. The monoisotopic (exact) mass is 437 g/mol. The van der Waals surface area contributed by atoms with Crippen LogP contribution in [0, 0.1) is 5.82 Å². The van der Waals surface area contributed by atoms with Crippen molar-refractivity contribution >= 4 is 23.2 Å². The van der Waals surface area contributed by atoms with Crippen molar-refractivity contribution in [2.45, 2.75) is 37.9 Å². The highest BCUT2D eigenvalue weighted by Gasteiger charge is 2.24. The summed E-state index contributed by atoms with van der Waals surface area (Å²) >= 11 is 6.41. The number of nitrogens with one attached hydrogen (secondary N) is 2. The Bertz CT molecular complexity index is 1120. The Balaban J connectivity index is 1.48. The van der Waals surface area contributed by atoms with Gasteiger partial charge < -0.3 is 10.6 Å². The van der Waals surface area contributed by atoms with Crippen molar-refractivity contribution in [2.24, 2.45) is 5.11 Å². The largest absolute Gasteiger partial charge is 0.367 e. The molecule has 1 saturated carbocycles. The van der Waals surface area contributed by atoms with Gasteiger partial charge in [0.15, 0.2) is 0 Å². The molecule has 31 heavy (non-hydrogen) atoms. The molecule has 158 valence electrons. The van der Waals surface area contributed by atoms with Gasteiger partial charge in [0.05, 0.1) is 10.7 Å². The number of benzene rings is 1. The number of azide groups is 1. The Morgan fingerprint density at radius 2 is 2.03 bits per heavy atom. The number of hydrogen-bond donors (Lipinski definition) is 2. The summed E-state index contributed by atoms with van der Waals surface area (Å²) in [5, 5.41) is 10.9. The third-order valence-electron chi connectivity index (χ3n) is 5.21. The molecule has 1 aromatic carbocycles. The molecular formula is C22H21ClFN7. The van der Waals surface area contributed by atoms with E-state index in [1.54, 1.807) is 12.3 Å². The second-order valence-electron chi connectivity index (χ2n) is 7.45. The quantitative estimate of drug-likeness (QED) is 0.261. The van der Waals surface area contributed by atoms with E-state index in [0.717, 1.165) is 30.4 Å². The minimum atomic E-state index is -0.266. The van der Waals surface area contributed by atoms with Crippen LogP contribution in [0.1, 0.15) is 24.8 Å². The highest BCUT2D eigenvalue weighted by atomic mass is 35.5. The topological polar surface area (TPSA) is 98.6 Å². The zero-order valence-corrected chi connectivity index (χ0v) is 17.4. The van der Waals surface area contributed by atoms with Crippen LogP contribution in [0.4, 0.5) is 16.0 Å². The molecule has 7 nitrogen and oxygen atoms in total. The van der Waals surface area contributed by atoms with Gasteiger partial charge in [-0.15, -0.1) is 0 Å². The first-order chi connectivity index (χ1) is 15.1. The molecule has 2 aromatic heterocycles.